The second-order valence-electron chi connectivity index (χ2n) is 3.61. The highest BCUT2D eigenvalue weighted by molar-refractivity contribution is 5.93. The zero-order valence-corrected chi connectivity index (χ0v) is 9.21. The molecule has 0 saturated heterocycles. The average molecular weight is 236 g/mol. The molecule has 6 nitrogen and oxygen atoms in total. The van der Waals surface area contributed by atoms with Gasteiger partial charge in [0.05, 0.1) is 12.9 Å². The average Bonchev–Trinajstić information content (AvgIpc) is 2.98. The van der Waals surface area contributed by atoms with E-state index in [-0.39, 0.29) is 18.3 Å². The Labute approximate surface area is 97.2 Å². The first-order chi connectivity index (χ1) is 8.20. The number of aliphatic hydroxyl groups is 1. The predicted octanol–water partition coefficient (Wildman–Crippen LogP) is 1.05. The Morgan fingerprint density at radius 1 is 1.59 bits per heavy atom. The van der Waals surface area contributed by atoms with Gasteiger partial charge in [0.2, 0.25) is 5.76 Å². The number of carbonyl (C=O) groups excluding carboxylic acids is 1. The van der Waals surface area contributed by atoms with E-state index in [0.29, 0.717) is 11.5 Å². The van der Waals surface area contributed by atoms with Gasteiger partial charge in [-0.05, 0) is 19.1 Å². The first-order valence-electron chi connectivity index (χ1n) is 5.13. The third kappa shape index (κ3) is 2.54. The number of carbonyl (C=O) groups is 1. The Kier molecular flexibility index (Phi) is 3.24. The highest BCUT2D eigenvalue weighted by atomic mass is 16.5. The molecular formula is C11H12N2O4. The summed E-state index contributed by atoms with van der Waals surface area (Å²) in [5.41, 5.74) is 0.150. The topological polar surface area (TPSA) is 88.5 Å². The van der Waals surface area contributed by atoms with E-state index in [1.165, 1.54) is 12.3 Å². The van der Waals surface area contributed by atoms with Gasteiger partial charge in [-0.1, -0.05) is 5.16 Å². The minimum absolute atomic E-state index is 0.130. The molecule has 17 heavy (non-hydrogen) atoms. The summed E-state index contributed by atoms with van der Waals surface area (Å²) in [5, 5.41) is 15.0. The molecule has 1 atom stereocenters. The SMILES string of the molecule is C[C@H](CO)NC(=O)c1cc(-c2ccco2)on1. The molecule has 0 aliphatic heterocycles. The highest BCUT2D eigenvalue weighted by Crippen LogP contribution is 2.20. The van der Waals surface area contributed by atoms with E-state index < -0.39 is 5.91 Å². The van der Waals surface area contributed by atoms with E-state index in [9.17, 15) is 4.79 Å². The van der Waals surface area contributed by atoms with Crippen molar-refractivity contribution < 1.29 is 18.8 Å². The summed E-state index contributed by atoms with van der Waals surface area (Å²) in [6.45, 7) is 1.56. The van der Waals surface area contributed by atoms with Crippen molar-refractivity contribution in [2.75, 3.05) is 6.61 Å². The smallest absolute Gasteiger partial charge is 0.273 e. The predicted molar refractivity (Wildman–Crippen MR) is 58.2 cm³/mol. The van der Waals surface area contributed by atoms with Crippen LogP contribution >= 0.6 is 0 Å². The van der Waals surface area contributed by atoms with Crippen LogP contribution in [-0.4, -0.2) is 28.8 Å². The molecule has 0 fully saturated rings. The zero-order valence-electron chi connectivity index (χ0n) is 9.21. The summed E-state index contributed by atoms with van der Waals surface area (Å²) in [6, 6.07) is 4.58. The molecule has 2 heterocycles. The van der Waals surface area contributed by atoms with Gasteiger partial charge in [-0.3, -0.25) is 4.79 Å². The Bertz CT molecular complexity index is 489. The number of nitrogens with one attached hydrogen (secondary N) is 1. The maximum absolute atomic E-state index is 11.6. The number of furan rings is 1. The minimum atomic E-state index is -0.395. The molecule has 0 aromatic carbocycles. The fourth-order valence-electron chi connectivity index (χ4n) is 1.26. The zero-order chi connectivity index (χ0) is 12.3. The fraction of sp³-hybridized carbons (Fsp3) is 0.273. The van der Waals surface area contributed by atoms with Crippen molar-refractivity contribution in [2.45, 2.75) is 13.0 Å². The number of aromatic nitrogens is 1. The quantitative estimate of drug-likeness (QED) is 0.828. The molecule has 0 saturated carbocycles. The second kappa shape index (κ2) is 4.84. The lowest BCUT2D eigenvalue weighted by Gasteiger charge is -2.07. The van der Waals surface area contributed by atoms with Crippen LogP contribution in [0.2, 0.25) is 0 Å². The number of hydrogen-bond acceptors (Lipinski definition) is 5. The molecule has 0 radical (unpaired) electrons. The standard InChI is InChI=1S/C11H12N2O4/c1-7(6-14)12-11(15)8-5-10(17-13-8)9-3-2-4-16-9/h2-5,7,14H,6H2,1H3,(H,12,15)/t7-/m1/s1. The van der Waals surface area contributed by atoms with E-state index in [1.54, 1.807) is 19.1 Å². The van der Waals surface area contributed by atoms with Gasteiger partial charge in [0.1, 0.15) is 0 Å². The monoisotopic (exact) mass is 236 g/mol. The molecule has 0 unspecified atom stereocenters. The molecular weight excluding hydrogens is 224 g/mol. The van der Waals surface area contributed by atoms with Gasteiger partial charge in [0.25, 0.3) is 5.91 Å². The molecule has 2 aromatic rings. The van der Waals surface area contributed by atoms with Crippen LogP contribution in [0, 0.1) is 0 Å². The van der Waals surface area contributed by atoms with Crippen LogP contribution in [0.25, 0.3) is 11.5 Å². The van der Waals surface area contributed by atoms with Crippen LogP contribution < -0.4 is 5.32 Å². The molecule has 0 aliphatic rings. The van der Waals surface area contributed by atoms with Crippen molar-refractivity contribution in [3.63, 3.8) is 0 Å². The summed E-state index contributed by atoms with van der Waals surface area (Å²) in [6.07, 6.45) is 1.51. The molecule has 2 N–H and O–H groups in total. The first-order valence-corrected chi connectivity index (χ1v) is 5.13. The number of rotatable bonds is 4. The van der Waals surface area contributed by atoms with Gasteiger partial charge < -0.3 is 19.4 Å². The van der Waals surface area contributed by atoms with Crippen LogP contribution in [0.1, 0.15) is 17.4 Å². The lowest BCUT2D eigenvalue weighted by Crippen LogP contribution is -2.35. The van der Waals surface area contributed by atoms with E-state index in [4.69, 9.17) is 14.0 Å². The van der Waals surface area contributed by atoms with Crippen LogP contribution in [0.15, 0.2) is 33.4 Å². The number of nitrogens with zero attached hydrogens (tertiary/aromatic N) is 1. The van der Waals surface area contributed by atoms with Crippen molar-refractivity contribution >= 4 is 5.91 Å². The lowest BCUT2D eigenvalue weighted by atomic mass is 10.3. The third-order valence-corrected chi connectivity index (χ3v) is 2.16. The van der Waals surface area contributed by atoms with Crippen molar-refractivity contribution in [3.8, 4) is 11.5 Å². The van der Waals surface area contributed by atoms with E-state index in [0.717, 1.165) is 0 Å². The van der Waals surface area contributed by atoms with Gasteiger partial charge >= 0.3 is 0 Å². The Hall–Kier alpha value is -2.08. The highest BCUT2D eigenvalue weighted by Gasteiger charge is 2.16. The Balaban J connectivity index is 2.11. The number of amides is 1. The number of aliphatic hydroxyl groups excluding tert-OH is 1. The van der Waals surface area contributed by atoms with Crippen molar-refractivity contribution in [1.82, 2.24) is 10.5 Å². The summed E-state index contributed by atoms with van der Waals surface area (Å²) in [4.78, 5) is 11.6. The normalized spacial score (nSPS) is 12.4. The largest absolute Gasteiger partial charge is 0.461 e. The maximum atomic E-state index is 11.6. The van der Waals surface area contributed by atoms with Crippen molar-refractivity contribution in [2.24, 2.45) is 0 Å². The van der Waals surface area contributed by atoms with Crippen molar-refractivity contribution in [3.05, 3.63) is 30.2 Å². The molecule has 6 heteroatoms. The van der Waals surface area contributed by atoms with E-state index >= 15 is 0 Å². The third-order valence-electron chi connectivity index (χ3n) is 2.16. The molecule has 0 bridgehead atoms. The minimum Gasteiger partial charge on any atom is -0.461 e. The Morgan fingerprint density at radius 2 is 2.41 bits per heavy atom. The van der Waals surface area contributed by atoms with Crippen molar-refractivity contribution in [1.29, 1.82) is 0 Å². The fourth-order valence-corrected chi connectivity index (χ4v) is 1.26. The molecule has 0 spiro atoms. The van der Waals surface area contributed by atoms with E-state index in [1.807, 2.05) is 0 Å². The molecule has 1 amide bonds. The van der Waals surface area contributed by atoms with Gasteiger partial charge in [-0.15, -0.1) is 0 Å². The number of hydrogen-bond donors (Lipinski definition) is 2. The lowest BCUT2D eigenvalue weighted by molar-refractivity contribution is 0.0913. The van der Waals surface area contributed by atoms with Gasteiger partial charge in [-0.2, -0.15) is 0 Å². The molecule has 2 aromatic heterocycles. The van der Waals surface area contributed by atoms with Crippen LogP contribution in [0.3, 0.4) is 0 Å². The summed E-state index contributed by atoms with van der Waals surface area (Å²) in [7, 11) is 0. The van der Waals surface area contributed by atoms with Crippen LogP contribution in [0.4, 0.5) is 0 Å². The van der Waals surface area contributed by atoms with E-state index in [2.05, 4.69) is 10.5 Å². The summed E-state index contributed by atoms with van der Waals surface area (Å²) in [5.74, 6) is 0.497. The Morgan fingerprint density at radius 3 is 3.06 bits per heavy atom. The molecule has 0 aliphatic carbocycles. The summed E-state index contributed by atoms with van der Waals surface area (Å²) >= 11 is 0. The molecule has 2 rings (SSSR count). The summed E-state index contributed by atoms with van der Waals surface area (Å²) < 4.78 is 10.1. The van der Waals surface area contributed by atoms with Gasteiger partial charge in [0, 0.05) is 12.1 Å². The maximum Gasteiger partial charge on any atom is 0.273 e. The van der Waals surface area contributed by atoms with Gasteiger partial charge in [-0.25, -0.2) is 0 Å². The van der Waals surface area contributed by atoms with Gasteiger partial charge in [0.15, 0.2) is 11.5 Å². The van der Waals surface area contributed by atoms with Crippen LogP contribution in [-0.2, 0) is 0 Å². The van der Waals surface area contributed by atoms with Crippen LogP contribution in [0.5, 0.6) is 0 Å². The first kappa shape index (κ1) is 11.4. The second-order valence-corrected chi connectivity index (χ2v) is 3.61. The molecule has 90 valence electrons.